The molecule has 0 aliphatic heterocycles. The van der Waals surface area contributed by atoms with E-state index >= 15 is 0 Å². The Morgan fingerprint density at radius 2 is 0.875 bits per heavy atom. The van der Waals surface area contributed by atoms with Crippen molar-refractivity contribution < 1.29 is 28.7 Å². The van der Waals surface area contributed by atoms with E-state index in [1.807, 2.05) is 6.07 Å². The number of amides is 4. The molecule has 16 nitrogen and oxygen atoms in total. The van der Waals surface area contributed by atoms with Crippen molar-refractivity contribution in [2.75, 3.05) is 32.8 Å². The minimum absolute atomic E-state index is 0.0966. The maximum Gasteiger partial charge on any atom is 0.413 e. The van der Waals surface area contributed by atoms with E-state index in [4.69, 9.17) is 9.47 Å². The molecule has 4 N–H and O–H groups in total. The first-order chi connectivity index (χ1) is 30.5. The van der Waals surface area contributed by atoms with E-state index in [9.17, 15) is 19.2 Å². The first kappa shape index (κ1) is 51.3. The molecule has 0 bridgehead atoms. The van der Waals surface area contributed by atoms with Gasteiger partial charge in [-0.25, -0.2) is 39.5 Å². The van der Waals surface area contributed by atoms with Crippen molar-refractivity contribution in [1.29, 1.82) is 0 Å². The van der Waals surface area contributed by atoms with E-state index < -0.39 is 35.2 Å². The molecule has 0 unspecified atom stereocenters. The Balaban J connectivity index is 1.62. The highest BCUT2D eigenvalue weighted by Crippen LogP contribution is 2.25. The summed E-state index contributed by atoms with van der Waals surface area (Å²) in [6.45, 7) is 14.9. The summed E-state index contributed by atoms with van der Waals surface area (Å²) < 4.78 is 10.9. The lowest BCUT2D eigenvalue weighted by molar-refractivity contribution is 0.0623. The summed E-state index contributed by atoms with van der Waals surface area (Å²) >= 11 is 2.82. The predicted molar refractivity (Wildman–Crippen MR) is 255 cm³/mol. The van der Waals surface area contributed by atoms with Gasteiger partial charge >= 0.3 is 12.2 Å². The lowest BCUT2D eigenvalue weighted by Crippen LogP contribution is -2.27. The van der Waals surface area contributed by atoms with Crippen molar-refractivity contribution in [1.82, 2.24) is 29.9 Å². The average Bonchev–Trinajstić information content (AvgIpc) is 3.21. The van der Waals surface area contributed by atoms with E-state index in [0.717, 1.165) is 50.0 Å². The highest BCUT2D eigenvalue weighted by atomic mass is 32.2. The molecule has 0 aliphatic rings. The molecular formula is C46H64N10O6S2. The number of anilines is 4. The van der Waals surface area contributed by atoms with Gasteiger partial charge in [0, 0.05) is 35.3 Å². The summed E-state index contributed by atoms with van der Waals surface area (Å²) in [6.07, 6.45) is 12.0. The maximum atomic E-state index is 14.1. The third kappa shape index (κ3) is 19.6. The van der Waals surface area contributed by atoms with Crippen molar-refractivity contribution in [2.24, 2.45) is 0 Å². The summed E-state index contributed by atoms with van der Waals surface area (Å²) in [4.78, 5) is 80.8. The number of nitrogens with one attached hydrogen (secondary N) is 4. The molecule has 4 amide bonds. The van der Waals surface area contributed by atoms with E-state index in [-0.39, 0.29) is 40.5 Å². The molecule has 0 saturated heterocycles. The van der Waals surface area contributed by atoms with Gasteiger partial charge in [0.05, 0.1) is 0 Å². The Kier molecular flexibility index (Phi) is 20.7. The Hall–Kier alpha value is -5.36. The van der Waals surface area contributed by atoms with E-state index in [0.29, 0.717) is 15.9 Å². The van der Waals surface area contributed by atoms with Crippen LogP contribution in [0.2, 0.25) is 0 Å². The first-order valence-corrected chi connectivity index (χ1v) is 24.1. The van der Waals surface area contributed by atoms with Gasteiger partial charge in [0.15, 0.2) is 16.1 Å². The largest absolute Gasteiger partial charge is 0.444 e. The van der Waals surface area contributed by atoms with Crippen LogP contribution in [0.4, 0.5) is 32.9 Å². The van der Waals surface area contributed by atoms with Gasteiger partial charge < -0.3 is 20.1 Å². The third-order valence-corrected chi connectivity index (χ3v) is 10.7. The van der Waals surface area contributed by atoms with Crippen molar-refractivity contribution in [3.05, 3.63) is 59.9 Å². The highest BCUT2D eigenvalue weighted by Gasteiger charge is 2.22. The molecule has 0 aliphatic carbocycles. The molecule has 64 heavy (non-hydrogen) atoms. The van der Waals surface area contributed by atoms with Crippen molar-refractivity contribution in [2.45, 2.75) is 154 Å². The molecule has 4 rings (SSSR count). The number of unbranched alkanes of at least 4 members (excludes halogenated alkanes) is 10. The minimum atomic E-state index is -0.752. The van der Waals surface area contributed by atoms with Gasteiger partial charge in [-0.2, -0.15) is 0 Å². The van der Waals surface area contributed by atoms with Gasteiger partial charge in [0.2, 0.25) is 0 Å². The zero-order valence-corrected chi connectivity index (χ0v) is 40.1. The number of rotatable bonds is 23. The number of carbonyl (C=O) groups is 4. The molecule has 0 saturated carbocycles. The van der Waals surface area contributed by atoms with E-state index in [2.05, 4.69) is 65.0 Å². The second-order valence-electron chi connectivity index (χ2n) is 17.1. The second-order valence-corrected chi connectivity index (χ2v) is 19.2. The molecule has 0 spiro atoms. The fourth-order valence-corrected chi connectivity index (χ4v) is 7.61. The zero-order valence-electron chi connectivity index (χ0n) is 38.5. The van der Waals surface area contributed by atoms with Crippen molar-refractivity contribution in [3.8, 4) is 11.4 Å². The molecule has 346 valence electrons. The normalized spacial score (nSPS) is 11.4. The number of ether oxygens (including phenoxy) is 2. The Bertz CT molecular complexity index is 2020. The van der Waals surface area contributed by atoms with Crippen LogP contribution in [0.5, 0.6) is 0 Å². The van der Waals surface area contributed by atoms with Gasteiger partial charge in [0.1, 0.15) is 45.9 Å². The predicted octanol–water partition coefficient (Wildman–Crippen LogP) is 11.8. The van der Waals surface area contributed by atoms with Gasteiger partial charge in [0.25, 0.3) is 11.8 Å². The summed E-state index contributed by atoms with van der Waals surface area (Å²) in [7, 11) is 0. The minimum Gasteiger partial charge on any atom is -0.444 e. The quantitative estimate of drug-likeness (QED) is 0.0310. The lowest BCUT2D eigenvalue weighted by Gasteiger charge is -2.19. The number of hydrogen-bond acceptors (Lipinski definition) is 14. The second kappa shape index (κ2) is 25.8. The fourth-order valence-electron chi connectivity index (χ4n) is 5.90. The van der Waals surface area contributed by atoms with Crippen molar-refractivity contribution in [3.63, 3.8) is 0 Å². The number of aromatic nitrogens is 6. The molecule has 3 heterocycles. The van der Waals surface area contributed by atoms with Crippen molar-refractivity contribution >= 4 is 70.8 Å². The van der Waals surface area contributed by atoms with Gasteiger partial charge in [-0.3, -0.25) is 20.2 Å². The van der Waals surface area contributed by atoms with Crippen LogP contribution in [0.3, 0.4) is 0 Å². The summed E-state index contributed by atoms with van der Waals surface area (Å²) in [5, 5.41) is 11.5. The monoisotopic (exact) mass is 916 g/mol. The molecule has 0 fully saturated rings. The standard InChI is InChI=1S/C46H64N10O6S2/c1-9-11-13-15-17-22-26-63-41-51-34(29-36(53-41)55-43(59)61-45(3,4)5)49-39(57)32-28-33(48-38(47-32)31-24-20-19-21-25-31)40(58)50-35-30-37(56-44(60)62-46(6,7)8)54-42(52-35)64-27-23-18-16-14-12-10-2/h19-21,24-25,28-30H,9-18,22-23,26-27H2,1-8H3,(H2,49,51,53,55,57,59)(H2,50,52,54,56,58,60). The molecule has 0 atom stereocenters. The SMILES string of the molecule is CCCCCCCCSc1nc(NC(=O)OC(C)(C)C)cc(NC(=O)c2cc(C(=O)Nc3cc(NC(=O)OC(C)(C)C)nc(SCCCCCCCC)n3)nc(-c3ccccc3)n2)n1. The van der Waals surface area contributed by atoms with Crippen LogP contribution in [0.25, 0.3) is 11.4 Å². The Morgan fingerprint density at radius 3 is 1.27 bits per heavy atom. The topological polar surface area (TPSA) is 212 Å². The van der Waals surface area contributed by atoms with Gasteiger partial charge in [-0.15, -0.1) is 0 Å². The van der Waals surface area contributed by atoms with Crippen LogP contribution in [0.1, 0.15) is 153 Å². The molecule has 1 aromatic carbocycles. The summed E-state index contributed by atoms with van der Waals surface area (Å²) in [5.74, 6) is 0.672. The van der Waals surface area contributed by atoms with E-state index in [1.54, 1.807) is 65.8 Å². The number of carbonyl (C=O) groups excluding carboxylic acids is 4. The van der Waals surface area contributed by atoms with Crippen LogP contribution >= 0.6 is 23.5 Å². The van der Waals surface area contributed by atoms with Gasteiger partial charge in [-0.05, 0) is 54.4 Å². The Labute approximate surface area is 385 Å². The Morgan fingerprint density at radius 1 is 0.500 bits per heavy atom. The number of thioether (sulfide) groups is 2. The summed E-state index contributed by atoms with van der Waals surface area (Å²) in [6, 6.07) is 13.0. The number of nitrogens with zero attached hydrogens (tertiary/aromatic N) is 6. The molecule has 0 radical (unpaired) electrons. The molecule has 3 aromatic heterocycles. The highest BCUT2D eigenvalue weighted by molar-refractivity contribution is 7.99. The maximum absolute atomic E-state index is 14.1. The molecule has 18 heteroatoms. The van der Waals surface area contributed by atoms with Crippen LogP contribution < -0.4 is 21.3 Å². The van der Waals surface area contributed by atoms with Crippen LogP contribution in [-0.2, 0) is 9.47 Å². The molecule has 4 aromatic rings. The average molecular weight is 917 g/mol. The molecular weight excluding hydrogens is 853 g/mol. The third-order valence-electron chi connectivity index (χ3n) is 8.83. The van der Waals surface area contributed by atoms with Crippen LogP contribution in [-0.4, -0.2) is 76.6 Å². The first-order valence-electron chi connectivity index (χ1n) is 22.1. The smallest absolute Gasteiger partial charge is 0.413 e. The summed E-state index contributed by atoms with van der Waals surface area (Å²) in [5.41, 5.74) is -1.21. The lowest BCUT2D eigenvalue weighted by atomic mass is 10.1. The van der Waals surface area contributed by atoms with Crippen LogP contribution in [0, 0.1) is 0 Å². The van der Waals surface area contributed by atoms with Gasteiger partial charge in [-0.1, -0.05) is 132 Å². The number of hydrogen-bond donors (Lipinski definition) is 4. The van der Waals surface area contributed by atoms with Crippen LogP contribution in [0.15, 0.2) is 58.8 Å². The van der Waals surface area contributed by atoms with E-state index in [1.165, 1.54) is 80.2 Å². The fraction of sp³-hybridized carbons (Fsp3) is 0.522. The number of benzene rings is 1. The zero-order chi connectivity index (χ0) is 46.5.